The summed E-state index contributed by atoms with van der Waals surface area (Å²) in [5.41, 5.74) is 11.2. The highest BCUT2D eigenvalue weighted by molar-refractivity contribution is 6.13. The van der Waals surface area contributed by atoms with E-state index in [1.807, 2.05) is 0 Å². The van der Waals surface area contributed by atoms with Crippen LogP contribution in [0.2, 0.25) is 0 Å². The third kappa shape index (κ3) is 5.16. The lowest BCUT2D eigenvalue weighted by Crippen LogP contribution is -2.27. The summed E-state index contributed by atoms with van der Waals surface area (Å²) in [5, 5.41) is 28.1. The summed E-state index contributed by atoms with van der Waals surface area (Å²) in [4.78, 5) is 2.41. The third-order valence-electron chi connectivity index (χ3n) is 11.2. The van der Waals surface area contributed by atoms with Crippen LogP contribution in [0.15, 0.2) is 109 Å². The van der Waals surface area contributed by atoms with Crippen molar-refractivity contribution in [2.24, 2.45) is 14.1 Å². The van der Waals surface area contributed by atoms with E-state index in [0.717, 1.165) is 17.8 Å². The Morgan fingerprint density at radius 1 is 0.800 bits per heavy atom. The molecule has 6 nitrogen and oxygen atoms in total. The summed E-state index contributed by atoms with van der Waals surface area (Å²) in [6.07, 6.45) is 7.96. The lowest BCUT2D eigenvalue weighted by Gasteiger charge is -2.30. The fourth-order valence-electron chi connectivity index (χ4n) is 8.44. The molecule has 50 heavy (non-hydrogen) atoms. The summed E-state index contributed by atoms with van der Waals surface area (Å²) in [7, 11) is 4.29. The molecule has 0 spiro atoms. The maximum Gasteiger partial charge on any atom is 0.0493 e. The van der Waals surface area contributed by atoms with Crippen LogP contribution in [0.1, 0.15) is 51.7 Å². The van der Waals surface area contributed by atoms with Crippen molar-refractivity contribution in [2.45, 2.75) is 51.4 Å². The standard InChI is InChI=1S/C44H50N4O2/c1-29(43(2,3)41-32(45-25-13-27-49)21-22-35-39(41)30-16-8-10-18-33(30)46(35)6)15-12-20-38-44(4,5)42-37(48(38)26-14-28-50)24-23-36-40(42)31-17-9-11-19-34(31)47(36)7/h8-12,15-24,45,49-50H,1,13-14,25-28H2,2-7H3/b15-12+,38-20+. The molecule has 0 saturated heterocycles. The van der Waals surface area contributed by atoms with Gasteiger partial charge in [0, 0.05) is 112 Å². The number of nitrogens with zero attached hydrogens (tertiary/aromatic N) is 3. The minimum atomic E-state index is -0.417. The number of aromatic nitrogens is 2. The van der Waals surface area contributed by atoms with Crippen molar-refractivity contribution in [3.05, 3.63) is 120 Å². The number of hydrogen-bond donors (Lipinski definition) is 3. The molecule has 6 heteroatoms. The van der Waals surface area contributed by atoms with Gasteiger partial charge in [0.25, 0.3) is 0 Å². The van der Waals surface area contributed by atoms with Gasteiger partial charge >= 0.3 is 0 Å². The number of benzene rings is 4. The fourth-order valence-corrected chi connectivity index (χ4v) is 8.44. The van der Waals surface area contributed by atoms with Gasteiger partial charge in [-0.2, -0.15) is 0 Å². The van der Waals surface area contributed by atoms with Gasteiger partial charge in [-0.25, -0.2) is 0 Å². The predicted octanol–water partition coefficient (Wildman–Crippen LogP) is 9.22. The first-order chi connectivity index (χ1) is 24.0. The number of fused-ring (bicyclic) bond motifs is 8. The quantitative estimate of drug-likeness (QED) is 0.0953. The van der Waals surface area contributed by atoms with E-state index in [2.05, 4.69) is 159 Å². The molecule has 0 atom stereocenters. The highest BCUT2D eigenvalue weighted by Gasteiger charge is 2.42. The van der Waals surface area contributed by atoms with Crippen LogP contribution in [-0.4, -0.2) is 45.7 Å². The first-order valence-corrected chi connectivity index (χ1v) is 17.9. The Labute approximate surface area is 295 Å². The zero-order valence-electron chi connectivity index (χ0n) is 30.3. The number of para-hydroxylation sites is 2. The number of aryl methyl sites for hydroxylation is 2. The number of anilines is 2. The van der Waals surface area contributed by atoms with Gasteiger partial charge in [-0.15, -0.1) is 0 Å². The molecule has 6 aromatic rings. The van der Waals surface area contributed by atoms with Crippen molar-refractivity contribution < 1.29 is 10.2 Å². The average Bonchev–Trinajstić information content (AvgIpc) is 3.65. The molecule has 258 valence electrons. The minimum absolute atomic E-state index is 0.144. The third-order valence-corrected chi connectivity index (χ3v) is 11.2. The Morgan fingerprint density at radius 3 is 2.06 bits per heavy atom. The summed E-state index contributed by atoms with van der Waals surface area (Å²) in [6.45, 7) is 15.6. The Hall–Kier alpha value is -4.78. The molecule has 0 unspecified atom stereocenters. The molecule has 1 aliphatic heterocycles. The second-order valence-corrected chi connectivity index (χ2v) is 14.8. The molecule has 0 bridgehead atoms. The van der Waals surface area contributed by atoms with Gasteiger partial charge < -0.3 is 29.6 Å². The zero-order valence-corrected chi connectivity index (χ0v) is 30.3. The number of aliphatic hydroxyl groups is 2. The van der Waals surface area contributed by atoms with Crippen LogP contribution < -0.4 is 10.2 Å². The van der Waals surface area contributed by atoms with E-state index in [4.69, 9.17) is 0 Å². The number of allylic oxidation sites excluding steroid dienone is 5. The van der Waals surface area contributed by atoms with Gasteiger partial charge in [-0.05, 0) is 72.0 Å². The molecule has 3 heterocycles. The summed E-state index contributed by atoms with van der Waals surface area (Å²) < 4.78 is 4.58. The first-order valence-electron chi connectivity index (χ1n) is 17.9. The van der Waals surface area contributed by atoms with E-state index in [9.17, 15) is 10.2 Å². The SMILES string of the molecule is C=C(/C=C/C=C1/N(CCCO)c2ccc3c(c2C1(C)C)c1ccccc1n3C)C(C)(C)c1c(NCCCO)ccc2c1c1ccccc1n2C. The van der Waals surface area contributed by atoms with E-state index in [-0.39, 0.29) is 18.6 Å². The summed E-state index contributed by atoms with van der Waals surface area (Å²) in [6, 6.07) is 26.2. The summed E-state index contributed by atoms with van der Waals surface area (Å²) in [5.74, 6) is 0. The molecule has 0 amide bonds. The van der Waals surface area contributed by atoms with Crippen LogP contribution in [0.25, 0.3) is 43.6 Å². The van der Waals surface area contributed by atoms with E-state index < -0.39 is 5.41 Å². The number of hydrogen-bond acceptors (Lipinski definition) is 4. The summed E-state index contributed by atoms with van der Waals surface area (Å²) >= 11 is 0. The topological polar surface area (TPSA) is 65.6 Å². The van der Waals surface area contributed by atoms with Crippen LogP contribution in [-0.2, 0) is 24.9 Å². The van der Waals surface area contributed by atoms with Crippen LogP contribution in [0.5, 0.6) is 0 Å². The lowest BCUT2D eigenvalue weighted by atomic mass is 9.75. The van der Waals surface area contributed by atoms with Gasteiger partial charge in [0.2, 0.25) is 0 Å². The maximum atomic E-state index is 9.89. The molecular weight excluding hydrogens is 617 g/mol. The van der Waals surface area contributed by atoms with Crippen LogP contribution >= 0.6 is 0 Å². The van der Waals surface area contributed by atoms with Crippen molar-refractivity contribution in [3.8, 4) is 0 Å². The van der Waals surface area contributed by atoms with Gasteiger partial charge in [-0.1, -0.05) is 82.8 Å². The van der Waals surface area contributed by atoms with E-state index >= 15 is 0 Å². The van der Waals surface area contributed by atoms with Gasteiger partial charge in [0.1, 0.15) is 0 Å². The van der Waals surface area contributed by atoms with E-state index in [1.54, 1.807) is 0 Å². The fraction of sp³-hybridized carbons (Fsp3) is 0.318. The molecule has 0 fully saturated rings. The molecule has 3 N–H and O–H groups in total. The molecule has 0 saturated carbocycles. The van der Waals surface area contributed by atoms with Gasteiger partial charge in [-0.3, -0.25) is 0 Å². The highest BCUT2D eigenvalue weighted by atomic mass is 16.3. The van der Waals surface area contributed by atoms with E-state index in [0.29, 0.717) is 19.4 Å². The first kappa shape index (κ1) is 33.7. The number of aliphatic hydroxyl groups excluding tert-OH is 2. The Bertz CT molecular complexity index is 2330. The van der Waals surface area contributed by atoms with Gasteiger partial charge in [0.05, 0.1) is 0 Å². The number of nitrogens with one attached hydrogen (secondary N) is 1. The van der Waals surface area contributed by atoms with Crippen molar-refractivity contribution in [3.63, 3.8) is 0 Å². The highest BCUT2D eigenvalue weighted by Crippen LogP contribution is 2.52. The molecule has 4 aromatic carbocycles. The Kier molecular flexibility index (Phi) is 8.65. The van der Waals surface area contributed by atoms with Gasteiger partial charge in [0.15, 0.2) is 0 Å². The second kappa shape index (κ2) is 12.8. The normalized spacial score (nSPS) is 15.4. The molecule has 0 radical (unpaired) electrons. The average molecular weight is 667 g/mol. The Balaban J connectivity index is 1.32. The molecule has 1 aliphatic rings. The molecule has 2 aromatic heterocycles. The van der Waals surface area contributed by atoms with E-state index in [1.165, 1.54) is 66.1 Å². The minimum Gasteiger partial charge on any atom is -0.396 e. The predicted molar refractivity (Wildman–Crippen MR) is 213 cm³/mol. The van der Waals surface area contributed by atoms with Crippen LogP contribution in [0, 0.1) is 0 Å². The van der Waals surface area contributed by atoms with Crippen molar-refractivity contribution >= 4 is 55.0 Å². The zero-order chi connectivity index (χ0) is 35.4. The largest absolute Gasteiger partial charge is 0.396 e. The van der Waals surface area contributed by atoms with Crippen LogP contribution in [0.4, 0.5) is 11.4 Å². The monoisotopic (exact) mass is 666 g/mol. The lowest BCUT2D eigenvalue weighted by molar-refractivity contribution is 0.290. The van der Waals surface area contributed by atoms with Crippen LogP contribution in [0.3, 0.4) is 0 Å². The second-order valence-electron chi connectivity index (χ2n) is 14.8. The maximum absolute atomic E-state index is 9.89. The smallest absolute Gasteiger partial charge is 0.0493 e. The Morgan fingerprint density at radius 2 is 1.40 bits per heavy atom. The van der Waals surface area contributed by atoms with Crippen molar-refractivity contribution in [1.29, 1.82) is 0 Å². The molecule has 7 rings (SSSR count). The molecule has 0 aliphatic carbocycles. The number of rotatable bonds is 11. The van der Waals surface area contributed by atoms with Crippen molar-refractivity contribution in [1.82, 2.24) is 9.13 Å². The molecular formula is C44H50N4O2. The van der Waals surface area contributed by atoms with Crippen molar-refractivity contribution in [2.75, 3.05) is 36.5 Å².